The highest BCUT2D eigenvalue weighted by Gasteiger charge is 2.39. The van der Waals surface area contributed by atoms with E-state index in [4.69, 9.17) is 0 Å². The molecule has 108 valence electrons. The summed E-state index contributed by atoms with van der Waals surface area (Å²) in [5.74, 6) is 0.237. The lowest BCUT2D eigenvalue weighted by Crippen LogP contribution is -2.53. The first-order valence-electron chi connectivity index (χ1n) is 7.28. The fourth-order valence-corrected chi connectivity index (χ4v) is 3.20. The van der Waals surface area contributed by atoms with Gasteiger partial charge in [0.15, 0.2) is 0 Å². The second-order valence-electron chi connectivity index (χ2n) is 6.05. The highest BCUT2D eigenvalue weighted by molar-refractivity contribution is 5.84. The van der Waals surface area contributed by atoms with Crippen LogP contribution in [0.15, 0.2) is 0 Å². The van der Waals surface area contributed by atoms with Crippen LogP contribution in [0.1, 0.15) is 32.6 Å². The number of hydrogen-bond donors (Lipinski definition) is 2. The van der Waals surface area contributed by atoms with Crippen LogP contribution in [0.4, 0.5) is 0 Å². The summed E-state index contributed by atoms with van der Waals surface area (Å²) in [6.07, 6.45) is 3.81. The molecule has 2 fully saturated rings. The van der Waals surface area contributed by atoms with Gasteiger partial charge in [-0.15, -0.1) is 0 Å². The predicted molar refractivity (Wildman–Crippen MR) is 73.6 cm³/mol. The molecule has 0 aromatic carbocycles. The van der Waals surface area contributed by atoms with E-state index in [2.05, 4.69) is 10.6 Å². The van der Waals surface area contributed by atoms with E-state index in [0.29, 0.717) is 6.54 Å². The fraction of sp³-hybridized carbons (Fsp3) is 0.857. The molecule has 2 atom stereocenters. The number of nitrogens with zero attached hydrogens (tertiary/aromatic N) is 1. The number of rotatable bonds is 2. The molecule has 2 N–H and O–H groups in total. The van der Waals surface area contributed by atoms with E-state index in [9.17, 15) is 9.59 Å². The lowest BCUT2D eigenvalue weighted by molar-refractivity contribution is -0.145. The van der Waals surface area contributed by atoms with Crippen molar-refractivity contribution in [2.75, 3.05) is 33.2 Å². The van der Waals surface area contributed by atoms with E-state index in [0.717, 1.165) is 45.3 Å². The Bertz CT molecular complexity index is 351. The Morgan fingerprint density at radius 2 is 2.16 bits per heavy atom. The van der Waals surface area contributed by atoms with Crippen LogP contribution in [0.25, 0.3) is 0 Å². The minimum absolute atomic E-state index is 0.0390. The van der Waals surface area contributed by atoms with Gasteiger partial charge in [-0.25, -0.2) is 0 Å². The molecule has 5 nitrogen and oxygen atoms in total. The van der Waals surface area contributed by atoms with Gasteiger partial charge in [0.1, 0.15) is 0 Å². The lowest BCUT2D eigenvalue weighted by Gasteiger charge is -2.40. The van der Waals surface area contributed by atoms with Gasteiger partial charge in [0.2, 0.25) is 11.8 Å². The van der Waals surface area contributed by atoms with Gasteiger partial charge in [0, 0.05) is 26.7 Å². The Morgan fingerprint density at radius 1 is 1.37 bits per heavy atom. The van der Waals surface area contributed by atoms with Crippen molar-refractivity contribution in [3.8, 4) is 0 Å². The second-order valence-corrected chi connectivity index (χ2v) is 6.05. The Balaban J connectivity index is 2.00. The maximum atomic E-state index is 12.7. The Morgan fingerprint density at radius 3 is 2.79 bits per heavy atom. The largest absolute Gasteiger partial charge is 0.359 e. The quantitative estimate of drug-likeness (QED) is 0.759. The first-order valence-corrected chi connectivity index (χ1v) is 7.28. The molecule has 0 saturated carbocycles. The van der Waals surface area contributed by atoms with Crippen molar-refractivity contribution in [2.45, 2.75) is 32.6 Å². The van der Waals surface area contributed by atoms with Crippen molar-refractivity contribution in [1.29, 1.82) is 0 Å². The van der Waals surface area contributed by atoms with E-state index < -0.39 is 0 Å². The molecule has 2 aliphatic rings. The van der Waals surface area contributed by atoms with Crippen molar-refractivity contribution in [3.63, 3.8) is 0 Å². The maximum Gasteiger partial charge on any atom is 0.229 e. The monoisotopic (exact) mass is 267 g/mol. The third kappa shape index (κ3) is 3.08. The summed E-state index contributed by atoms with van der Waals surface area (Å²) in [6.45, 7) is 5.18. The average Bonchev–Trinajstić information content (AvgIpc) is 2.46. The number of carbonyl (C=O) groups is 2. The Labute approximate surface area is 115 Å². The van der Waals surface area contributed by atoms with Crippen LogP contribution >= 0.6 is 0 Å². The van der Waals surface area contributed by atoms with E-state index in [-0.39, 0.29) is 23.1 Å². The fourth-order valence-electron chi connectivity index (χ4n) is 3.20. The van der Waals surface area contributed by atoms with Crippen LogP contribution in [-0.4, -0.2) is 49.9 Å². The first kappa shape index (κ1) is 14.3. The average molecular weight is 267 g/mol. The molecule has 0 bridgehead atoms. The van der Waals surface area contributed by atoms with Crippen LogP contribution in [0.5, 0.6) is 0 Å². The van der Waals surface area contributed by atoms with Crippen LogP contribution in [0.2, 0.25) is 0 Å². The van der Waals surface area contributed by atoms with Crippen molar-refractivity contribution >= 4 is 11.8 Å². The summed E-state index contributed by atoms with van der Waals surface area (Å²) in [5.41, 5.74) is -0.289. The molecule has 2 rings (SSSR count). The highest BCUT2D eigenvalue weighted by Crippen LogP contribution is 2.30. The number of amides is 2. The predicted octanol–water partition coefficient (Wildman–Crippen LogP) is 0.361. The Kier molecular flexibility index (Phi) is 4.45. The van der Waals surface area contributed by atoms with Crippen molar-refractivity contribution in [2.24, 2.45) is 11.3 Å². The van der Waals surface area contributed by atoms with Crippen molar-refractivity contribution < 1.29 is 9.59 Å². The van der Waals surface area contributed by atoms with E-state index >= 15 is 0 Å². The van der Waals surface area contributed by atoms with E-state index in [1.165, 1.54) is 0 Å². The molecule has 2 saturated heterocycles. The summed E-state index contributed by atoms with van der Waals surface area (Å²) in [5, 5.41) is 6.01. The van der Waals surface area contributed by atoms with Crippen molar-refractivity contribution in [1.82, 2.24) is 15.5 Å². The molecule has 2 aliphatic heterocycles. The summed E-state index contributed by atoms with van der Waals surface area (Å²) in [6, 6.07) is 0. The third-order valence-corrected chi connectivity index (χ3v) is 4.44. The molecule has 0 aromatic heterocycles. The molecular formula is C14H25N3O2. The van der Waals surface area contributed by atoms with Gasteiger partial charge in [-0.05, 0) is 39.2 Å². The van der Waals surface area contributed by atoms with Crippen molar-refractivity contribution in [3.05, 3.63) is 0 Å². The lowest BCUT2D eigenvalue weighted by atomic mass is 9.80. The zero-order valence-electron chi connectivity index (χ0n) is 12.0. The van der Waals surface area contributed by atoms with Gasteiger partial charge >= 0.3 is 0 Å². The molecule has 2 amide bonds. The molecule has 0 aromatic rings. The van der Waals surface area contributed by atoms with E-state index in [1.807, 2.05) is 11.8 Å². The molecule has 2 unspecified atom stereocenters. The molecule has 0 aliphatic carbocycles. The number of likely N-dealkylation sites (tertiary alicyclic amines) is 1. The van der Waals surface area contributed by atoms with Gasteiger partial charge < -0.3 is 15.5 Å². The van der Waals surface area contributed by atoms with Gasteiger partial charge in [-0.1, -0.05) is 0 Å². The number of hydrogen-bond acceptors (Lipinski definition) is 3. The summed E-state index contributed by atoms with van der Waals surface area (Å²) < 4.78 is 0. The van der Waals surface area contributed by atoms with Crippen LogP contribution in [0, 0.1) is 11.3 Å². The maximum absolute atomic E-state index is 12.7. The second kappa shape index (κ2) is 5.90. The summed E-state index contributed by atoms with van der Waals surface area (Å²) in [4.78, 5) is 26.3. The van der Waals surface area contributed by atoms with Gasteiger partial charge in [-0.3, -0.25) is 9.59 Å². The first-order chi connectivity index (χ1) is 9.07. The van der Waals surface area contributed by atoms with Crippen LogP contribution in [0.3, 0.4) is 0 Å². The zero-order valence-corrected chi connectivity index (χ0v) is 12.0. The highest BCUT2D eigenvalue weighted by atomic mass is 16.2. The topological polar surface area (TPSA) is 61.4 Å². The molecular weight excluding hydrogens is 242 g/mol. The van der Waals surface area contributed by atoms with Crippen LogP contribution in [-0.2, 0) is 9.59 Å². The molecule has 5 heteroatoms. The smallest absolute Gasteiger partial charge is 0.229 e. The molecule has 0 radical (unpaired) electrons. The molecule has 19 heavy (non-hydrogen) atoms. The van der Waals surface area contributed by atoms with Gasteiger partial charge in [-0.2, -0.15) is 0 Å². The third-order valence-electron chi connectivity index (χ3n) is 4.44. The molecule has 2 heterocycles. The normalized spacial score (nSPS) is 31.9. The zero-order chi connectivity index (χ0) is 13.9. The van der Waals surface area contributed by atoms with E-state index in [1.54, 1.807) is 7.05 Å². The Hall–Kier alpha value is -1.10. The number of piperidine rings is 2. The molecule has 0 spiro atoms. The van der Waals surface area contributed by atoms with Gasteiger partial charge in [0.25, 0.3) is 0 Å². The summed E-state index contributed by atoms with van der Waals surface area (Å²) >= 11 is 0. The SMILES string of the molecule is CNC(=O)C1CCCN(C(=O)C2(C)CCCNC2)C1. The minimum Gasteiger partial charge on any atom is -0.359 e. The minimum atomic E-state index is -0.289. The summed E-state index contributed by atoms with van der Waals surface area (Å²) in [7, 11) is 1.66. The van der Waals surface area contributed by atoms with Gasteiger partial charge in [0.05, 0.1) is 11.3 Å². The number of carbonyl (C=O) groups excluding carboxylic acids is 2. The number of nitrogens with one attached hydrogen (secondary N) is 2. The van der Waals surface area contributed by atoms with Crippen LogP contribution < -0.4 is 10.6 Å². The standard InChI is InChI=1S/C14H25N3O2/c1-14(6-4-7-16-10-14)13(19)17-8-3-5-11(9-17)12(18)15-2/h11,16H,3-10H2,1-2H3,(H,15,18).